The minimum Gasteiger partial charge on any atom is -0.357 e. The molecule has 1 unspecified atom stereocenters. The van der Waals surface area contributed by atoms with E-state index in [-0.39, 0.29) is 27.9 Å². The molecule has 2 aliphatic rings. The molecule has 27 heavy (non-hydrogen) atoms. The van der Waals surface area contributed by atoms with Crippen LogP contribution in [-0.4, -0.2) is 11.2 Å². The van der Waals surface area contributed by atoms with Gasteiger partial charge in [0.1, 0.15) is 11.1 Å². The summed E-state index contributed by atoms with van der Waals surface area (Å²) in [7, 11) is 0. The first-order valence-corrected chi connectivity index (χ1v) is 9.36. The number of halogens is 5. The molecule has 1 aromatic heterocycles. The fourth-order valence-corrected chi connectivity index (χ4v) is 4.78. The molecular formula is C18H12Cl3F2N3O+2. The predicted molar refractivity (Wildman–Crippen MR) is 94.3 cm³/mol. The number of nitrogens with one attached hydrogen (secondary N) is 1. The first-order valence-electron chi connectivity index (χ1n) is 8.23. The summed E-state index contributed by atoms with van der Waals surface area (Å²) in [6.07, 6.45) is 2.50. The van der Waals surface area contributed by atoms with Crippen LogP contribution in [0.15, 0.2) is 30.6 Å². The zero-order valence-electron chi connectivity index (χ0n) is 13.6. The molecule has 0 fully saturated rings. The van der Waals surface area contributed by atoms with Gasteiger partial charge in [-0.15, -0.1) is 4.57 Å². The third-order valence-corrected chi connectivity index (χ3v) is 6.13. The van der Waals surface area contributed by atoms with Crippen molar-refractivity contribution < 1.29 is 22.8 Å². The smallest absolute Gasteiger partial charge is 0.357 e. The van der Waals surface area contributed by atoms with Gasteiger partial charge in [0.2, 0.25) is 6.04 Å². The molecule has 138 valence electrons. The van der Waals surface area contributed by atoms with Crippen molar-refractivity contribution in [1.82, 2.24) is 5.10 Å². The molecule has 1 N–H and O–H groups in total. The lowest BCUT2D eigenvalue weighted by Gasteiger charge is -2.18. The Kier molecular flexibility index (Phi) is 3.95. The predicted octanol–water partition coefficient (Wildman–Crippen LogP) is 3.86. The van der Waals surface area contributed by atoms with Crippen LogP contribution < -0.4 is 9.25 Å². The van der Waals surface area contributed by atoms with E-state index in [0.29, 0.717) is 6.61 Å². The summed E-state index contributed by atoms with van der Waals surface area (Å²) in [6.45, 7) is 0.329. The molecule has 9 heteroatoms. The van der Waals surface area contributed by atoms with E-state index in [1.807, 2.05) is 16.7 Å². The van der Waals surface area contributed by atoms with Crippen molar-refractivity contribution in [1.29, 1.82) is 0 Å². The molecule has 5 rings (SSSR count). The zero-order valence-corrected chi connectivity index (χ0v) is 15.9. The molecule has 0 saturated carbocycles. The van der Waals surface area contributed by atoms with Crippen LogP contribution in [0.3, 0.4) is 0 Å². The van der Waals surface area contributed by atoms with Crippen LogP contribution in [0.5, 0.6) is 0 Å². The van der Waals surface area contributed by atoms with E-state index >= 15 is 0 Å². The van der Waals surface area contributed by atoms with E-state index in [9.17, 15) is 8.78 Å². The number of hydrogen-bond acceptors (Lipinski definition) is 1. The summed E-state index contributed by atoms with van der Waals surface area (Å²) in [6, 6.07) is 8.08. The van der Waals surface area contributed by atoms with Gasteiger partial charge >= 0.3 is 12.2 Å². The van der Waals surface area contributed by atoms with Crippen LogP contribution in [0.25, 0.3) is 5.69 Å². The second-order valence-electron chi connectivity index (χ2n) is 6.57. The molecule has 2 heterocycles. The Morgan fingerprint density at radius 3 is 2.48 bits per heavy atom. The molecule has 2 atom stereocenters. The van der Waals surface area contributed by atoms with Gasteiger partial charge in [-0.2, -0.15) is 0 Å². The summed E-state index contributed by atoms with van der Waals surface area (Å²) < 4.78 is 37.8. The quantitative estimate of drug-likeness (QED) is 0.355. The second-order valence-corrected chi connectivity index (χ2v) is 7.70. The van der Waals surface area contributed by atoms with Gasteiger partial charge in [0.15, 0.2) is 28.3 Å². The molecule has 0 saturated heterocycles. The number of aromatic amines is 1. The molecule has 0 spiro atoms. The maximum absolute atomic E-state index is 14.2. The Bertz CT molecular complexity index is 1070. The third-order valence-electron chi connectivity index (χ3n) is 5.11. The van der Waals surface area contributed by atoms with Crippen molar-refractivity contribution in [2.45, 2.75) is 25.2 Å². The van der Waals surface area contributed by atoms with Crippen LogP contribution in [0.2, 0.25) is 15.1 Å². The highest BCUT2D eigenvalue weighted by Crippen LogP contribution is 2.37. The molecule has 0 radical (unpaired) electrons. The highest BCUT2D eigenvalue weighted by atomic mass is 35.5. The van der Waals surface area contributed by atoms with Crippen LogP contribution in [-0.2, 0) is 17.8 Å². The Hall–Kier alpha value is -1.73. The molecule has 1 aliphatic carbocycles. The fourth-order valence-electron chi connectivity index (χ4n) is 3.89. The van der Waals surface area contributed by atoms with Gasteiger partial charge in [0.05, 0.1) is 0 Å². The van der Waals surface area contributed by atoms with Gasteiger partial charge in [-0.3, -0.25) is 0 Å². The number of ether oxygens (including phenoxy) is 1. The highest BCUT2D eigenvalue weighted by Gasteiger charge is 2.48. The van der Waals surface area contributed by atoms with Crippen molar-refractivity contribution in [3.05, 3.63) is 74.2 Å². The number of benzene rings is 2. The van der Waals surface area contributed by atoms with E-state index < -0.39 is 16.7 Å². The number of aromatic nitrogens is 3. The van der Waals surface area contributed by atoms with Gasteiger partial charge in [0.25, 0.3) is 5.69 Å². The molecule has 2 aromatic carbocycles. The fraction of sp³-hybridized carbons (Fsp3) is 0.222. The summed E-state index contributed by atoms with van der Waals surface area (Å²) >= 11 is 17.8. The minimum absolute atomic E-state index is 0.00576. The largest absolute Gasteiger partial charge is 0.438 e. The van der Waals surface area contributed by atoms with E-state index in [4.69, 9.17) is 39.5 Å². The molecule has 0 amide bonds. The Balaban J connectivity index is 1.68. The van der Waals surface area contributed by atoms with E-state index in [1.54, 1.807) is 6.33 Å². The first-order chi connectivity index (χ1) is 13.0. The number of nitrogens with zero attached hydrogens (tertiary/aromatic N) is 2. The lowest BCUT2D eigenvalue weighted by atomic mass is 10.1. The number of fused-ring (bicyclic) bond motifs is 5. The van der Waals surface area contributed by atoms with Crippen LogP contribution in [0.1, 0.15) is 23.0 Å². The SMILES string of the molecule is Fc1c(Cl)c(F)c(Cl)c(-[n+]2c[n+]3c([nH]2)CO[C@H]2Cc4ccccc4C23)c1Cl. The Morgan fingerprint density at radius 1 is 1.04 bits per heavy atom. The van der Waals surface area contributed by atoms with Crippen LogP contribution >= 0.6 is 34.8 Å². The molecule has 3 aromatic rings. The lowest BCUT2D eigenvalue weighted by molar-refractivity contribution is -0.791. The van der Waals surface area contributed by atoms with Crippen LogP contribution in [0.4, 0.5) is 8.78 Å². The average Bonchev–Trinajstić information content (AvgIpc) is 3.25. The van der Waals surface area contributed by atoms with E-state index in [0.717, 1.165) is 17.8 Å². The first kappa shape index (κ1) is 17.4. The molecule has 1 aliphatic heterocycles. The maximum atomic E-state index is 14.2. The summed E-state index contributed by atoms with van der Waals surface area (Å²) in [5.74, 6) is -1.38. The van der Waals surface area contributed by atoms with Gasteiger partial charge in [-0.1, -0.05) is 64.2 Å². The Morgan fingerprint density at radius 2 is 1.74 bits per heavy atom. The average molecular weight is 431 g/mol. The lowest BCUT2D eigenvalue weighted by Crippen LogP contribution is -2.51. The van der Waals surface area contributed by atoms with Gasteiger partial charge in [-0.25, -0.2) is 8.78 Å². The van der Waals surface area contributed by atoms with Crippen LogP contribution in [0, 0.1) is 11.6 Å². The molecular weight excluding hydrogens is 419 g/mol. The second kappa shape index (κ2) is 6.14. The van der Waals surface area contributed by atoms with Crippen molar-refractivity contribution in [3.8, 4) is 5.69 Å². The topological polar surface area (TPSA) is 32.8 Å². The number of H-pyrrole nitrogens is 1. The van der Waals surface area contributed by atoms with Crippen molar-refractivity contribution in [2.75, 3.05) is 0 Å². The summed E-state index contributed by atoms with van der Waals surface area (Å²) in [5, 5.41) is 1.61. The highest BCUT2D eigenvalue weighted by molar-refractivity contribution is 6.40. The van der Waals surface area contributed by atoms with Gasteiger partial charge < -0.3 is 4.74 Å². The molecule has 0 bridgehead atoms. The van der Waals surface area contributed by atoms with Crippen molar-refractivity contribution >= 4 is 34.8 Å². The van der Waals surface area contributed by atoms with E-state index in [2.05, 4.69) is 17.2 Å². The minimum atomic E-state index is -1.05. The maximum Gasteiger partial charge on any atom is 0.438 e. The number of rotatable bonds is 1. The number of hydrogen-bond donors (Lipinski definition) is 1. The zero-order chi connectivity index (χ0) is 18.9. The monoisotopic (exact) mass is 429 g/mol. The standard InChI is InChI=1S/C18H11Cl3F2N3O/c19-12-15(22)13(20)18(14(21)16(12)23)26-7-25-11(24-26)6-27-10-5-8-3-1-2-4-9(8)17(10)25/h1-4,7,10,17H,5-6H2/q+1/p+1/t10-,17?/m0/s1. The summed E-state index contributed by atoms with van der Waals surface area (Å²) in [5.41, 5.74) is 2.34. The van der Waals surface area contributed by atoms with Crippen molar-refractivity contribution in [2.24, 2.45) is 0 Å². The third kappa shape index (κ3) is 2.44. The van der Waals surface area contributed by atoms with E-state index in [1.165, 1.54) is 10.2 Å². The van der Waals surface area contributed by atoms with Gasteiger partial charge in [0, 0.05) is 12.0 Å². The van der Waals surface area contributed by atoms with Gasteiger partial charge in [-0.05, 0) is 10.2 Å². The Labute approximate surface area is 167 Å². The normalized spacial score (nSPS) is 20.3. The van der Waals surface area contributed by atoms with Crippen molar-refractivity contribution in [3.63, 3.8) is 0 Å². The summed E-state index contributed by atoms with van der Waals surface area (Å²) in [4.78, 5) is 0. The molecule has 4 nitrogen and oxygen atoms in total.